The van der Waals surface area contributed by atoms with E-state index in [9.17, 15) is 8.76 Å². The normalized spacial score (nSPS) is 16.8. The molecule has 1 unspecified atom stereocenters. The van der Waals surface area contributed by atoms with Crippen LogP contribution in [0.4, 0.5) is 0 Å². The summed E-state index contributed by atoms with van der Waals surface area (Å²) in [6.07, 6.45) is 2.59. The summed E-state index contributed by atoms with van der Waals surface area (Å²) < 4.78 is 27.6. The van der Waals surface area contributed by atoms with Crippen LogP contribution >= 0.6 is 0 Å². The molecule has 0 N–H and O–H groups in total. The van der Waals surface area contributed by atoms with E-state index in [-0.39, 0.29) is 6.10 Å². The Balaban J connectivity index is 2.97. The lowest BCUT2D eigenvalue weighted by atomic mass is 10.2. The monoisotopic (exact) mass is 257 g/mol. The number of ether oxygens (including phenoxy) is 1. The average Bonchev–Trinajstić information content (AvgIpc) is 2.26. The lowest BCUT2D eigenvalue weighted by Crippen LogP contribution is -2.27. The molecule has 17 heavy (non-hydrogen) atoms. The second kappa shape index (κ2) is 6.18. The standard InChI is InChI=1S/C11H18N2O3S/c1-7(2)16-10(9(4)17(14)15)11-12-5-8(3)6-13-11/h5-7,9-10H,1-4H3,(H,14,15)/p-1/t9-,10-/m0/s1. The molecule has 3 atom stereocenters. The Kier molecular flexibility index (Phi) is 5.17. The van der Waals surface area contributed by atoms with Gasteiger partial charge in [-0.3, -0.25) is 4.21 Å². The Morgan fingerprint density at radius 1 is 1.29 bits per heavy atom. The van der Waals surface area contributed by atoms with Crippen LogP contribution in [0, 0.1) is 6.92 Å². The average molecular weight is 257 g/mol. The zero-order chi connectivity index (χ0) is 13.0. The van der Waals surface area contributed by atoms with E-state index in [1.165, 1.54) is 0 Å². The van der Waals surface area contributed by atoms with Gasteiger partial charge in [-0.2, -0.15) is 0 Å². The Morgan fingerprint density at radius 3 is 2.24 bits per heavy atom. The molecule has 0 saturated carbocycles. The van der Waals surface area contributed by atoms with Crippen LogP contribution in [0.1, 0.15) is 38.3 Å². The molecule has 6 heteroatoms. The molecule has 0 aliphatic carbocycles. The van der Waals surface area contributed by atoms with E-state index < -0.39 is 22.4 Å². The highest BCUT2D eigenvalue weighted by Gasteiger charge is 2.24. The number of hydrogen-bond donors (Lipinski definition) is 0. The molecule has 1 aromatic heterocycles. The number of aromatic nitrogens is 2. The summed E-state index contributed by atoms with van der Waals surface area (Å²) in [6.45, 7) is 7.15. The topological polar surface area (TPSA) is 75.1 Å². The smallest absolute Gasteiger partial charge is 0.158 e. The first-order valence-corrected chi connectivity index (χ1v) is 6.57. The van der Waals surface area contributed by atoms with Crippen molar-refractivity contribution in [3.63, 3.8) is 0 Å². The van der Waals surface area contributed by atoms with Crippen molar-refractivity contribution in [2.24, 2.45) is 0 Å². The van der Waals surface area contributed by atoms with Crippen LogP contribution in [0.15, 0.2) is 12.4 Å². The van der Waals surface area contributed by atoms with Crippen molar-refractivity contribution in [1.82, 2.24) is 9.97 Å². The molecule has 0 saturated heterocycles. The second-order valence-electron chi connectivity index (χ2n) is 4.19. The molecule has 0 spiro atoms. The van der Waals surface area contributed by atoms with Gasteiger partial charge in [-0.1, -0.05) is 0 Å². The lowest BCUT2D eigenvalue weighted by molar-refractivity contribution is 0.00119. The van der Waals surface area contributed by atoms with E-state index >= 15 is 0 Å². The van der Waals surface area contributed by atoms with Crippen LogP contribution < -0.4 is 0 Å². The fourth-order valence-corrected chi connectivity index (χ4v) is 1.71. The summed E-state index contributed by atoms with van der Waals surface area (Å²) in [6, 6.07) is 0. The SMILES string of the molecule is Cc1cnc([C@@H](OC(C)C)[C@H](C)S(=O)[O-])nc1. The van der Waals surface area contributed by atoms with E-state index in [0.29, 0.717) is 5.82 Å². The van der Waals surface area contributed by atoms with Crippen molar-refractivity contribution in [1.29, 1.82) is 0 Å². The Labute approximate surface area is 104 Å². The van der Waals surface area contributed by atoms with Crippen LogP contribution in [0.25, 0.3) is 0 Å². The van der Waals surface area contributed by atoms with Gasteiger partial charge in [-0.25, -0.2) is 9.97 Å². The minimum Gasteiger partial charge on any atom is -0.772 e. The number of aryl methyl sites for hydroxylation is 1. The van der Waals surface area contributed by atoms with E-state index in [1.54, 1.807) is 19.3 Å². The predicted octanol–water partition coefficient (Wildman–Crippen LogP) is 1.52. The summed E-state index contributed by atoms with van der Waals surface area (Å²) in [5.74, 6) is 0.404. The summed E-state index contributed by atoms with van der Waals surface area (Å²) in [5, 5.41) is -0.680. The first kappa shape index (κ1) is 14.2. The minimum atomic E-state index is -2.22. The quantitative estimate of drug-likeness (QED) is 0.747. The van der Waals surface area contributed by atoms with E-state index in [4.69, 9.17) is 4.74 Å². The van der Waals surface area contributed by atoms with Gasteiger partial charge in [-0.15, -0.1) is 0 Å². The molecule has 1 heterocycles. The summed E-state index contributed by atoms with van der Waals surface area (Å²) >= 11 is -2.22. The zero-order valence-corrected chi connectivity index (χ0v) is 11.2. The molecule has 96 valence electrons. The maximum absolute atomic E-state index is 11.0. The van der Waals surface area contributed by atoms with Gasteiger partial charge in [0, 0.05) is 12.4 Å². The maximum atomic E-state index is 11.0. The van der Waals surface area contributed by atoms with Crippen LogP contribution in [-0.2, 0) is 15.8 Å². The second-order valence-corrected chi connectivity index (χ2v) is 5.45. The van der Waals surface area contributed by atoms with Gasteiger partial charge in [0.1, 0.15) is 6.10 Å². The van der Waals surface area contributed by atoms with Crippen molar-refractivity contribution in [2.45, 2.75) is 45.2 Å². The van der Waals surface area contributed by atoms with Gasteiger partial charge >= 0.3 is 0 Å². The fourth-order valence-electron chi connectivity index (χ4n) is 1.33. The van der Waals surface area contributed by atoms with Crippen LogP contribution in [0.3, 0.4) is 0 Å². The Hall–Kier alpha value is -0.850. The van der Waals surface area contributed by atoms with Crippen LogP contribution in [0.5, 0.6) is 0 Å². The maximum Gasteiger partial charge on any atom is 0.158 e. The fraction of sp³-hybridized carbons (Fsp3) is 0.636. The molecule has 0 aliphatic rings. The third-order valence-corrected chi connectivity index (χ3v) is 3.06. The predicted molar refractivity (Wildman–Crippen MR) is 64.1 cm³/mol. The number of rotatable bonds is 5. The molecular formula is C11H17N2O3S-. The van der Waals surface area contributed by atoms with Gasteiger partial charge in [0.2, 0.25) is 0 Å². The highest BCUT2D eigenvalue weighted by atomic mass is 32.2. The van der Waals surface area contributed by atoms with Crippen molar-refractivity contribution in [3.05, 3.63) is 23.8 Å². The van der Waals surface area contributed by atoms with E-state index in [1.807, 2.05) is 20.8 Å². The van der Waals surface area contributed by atoms with Crippen molar-refractivity contribution < 1.29 is 13.5 Å². The Morgan fingerprint density at radius 2 is 1.82 bits per heavy atom. The van der Waals surface area contributed by atoms with Gasteiger partial charge in [0.05, 0.1) is 11.4 Å². The highest BCUT2D eigenvalue weighted by molar-refractivity contribution is 7.79. The van der Waals surface area contributed by atoms with E-state index in [0.717, 1.165) is 5.56 Å². The molecule has 1 rings (SSSR count). The lowest BCUT2D eigenvalue weighted by Gasteiger charge is -2.26. The number of hydrogen-bond acceptors (Lipinski definition) is 5. The summed E-state index contributed by atoms with van der Waals surface area (Å²) in [4.78, 5) is 8.25. The van der Waals surface area contributed by atoms with Gasteiger partial charge < -0.3 is 9.29 Å². The minimum absolute atomic E-state index is 0.0871. The van der Waals surface area contributed by atoms with Crippen molar-refractivity contribution in [2.75, 3.05) is 0 Å². The van der Waals surface area contributed by atoms with Gasteiger partial charge in [-0.05, 0) is 44.3 Å². The molecular weight excluding hydrogens is 240 g/mol. The van der Waals surface area contributed by atoms with Crippen molar-refractivity contribution in [3.8, 4) is 0 Å². The third kappa shape index (κ3) is 4.14. The molecule has 1 aromatic rings. The van der Waals surface area contributed by atoms with Crippen molar-refractivity contribution >= 4 is 11.1 Å². The summed E-state index contributed by atoms with van der Waals surface area (Å²) in [5.41, 5.74) is 0.924. The number of nitrogens with zero attached hydrogens (tertiary/aromatic N) is 2. The molecule has 0 radical (unpaired) electrons. The molecule has 0 aromatic carbocycles. The molecule has 0 fully saturated rings. The first-order valence-electron chi connectivity index (χ1n) is 5.44. The zero-order valence-electron chi connectivity index (χ0n) is 10.4. The molecule has 5 nitrogen and oxygen atoms in total. The van der Waals surface area contributed by atoms with E-state index in [2.05, 4.69) is 9.97 Å². The van der Waals surface area contributed by atoms with Crippen LogP contribution in [-0.4, -0.2) is 30.1 Å². The molecule has 0 aliphatic heterocycles. The highest BCUT2D eigenvalue weighted by Crippen LogP contribution is 2.22. The Bertz CT molecular complexity index is 381. The van der Waals surface area contributed by atoms with Gasteiger partial charge in [0.15, 0.2) is 5.82 Å². The third-order valence-electron chi connectivity index (χ3n) is 2.20. The molecule has 0 amide bonds. The summed E-state index contributed by atoms with van der Waals surface area (Å²) in [7, 11) is 0. The van der Waals surface area contributed by atoms with Crippen LogP contribution in [0.2, 0.25) is 0 Å². The van der Waals surface area contributed by atoms with Gasteiger partial charge in [0.25, 0.3) is 0 Å². The molecule has 0 bridgehead atoms. The largest absolute Gasteiger partial charge is 0.772 e. The first-order chi connectivity index (χ1) is 7.91.